The highest BCUT2D eigenvalue weighted by atomic mass is 16.5. The smallest absolute Gasteiger partial charge is 0.318 e. The van der Waals surface area contributed by atoms with E-state index in [4.69, 9.17) is 23.0 Å². The molecule has 4 aliphatic heterocycles. The van der Waals surface area contributed by atoms with Gasteiger partial charge in [-0.05, 0) is 92.2 Å². The Morgan fingerprint density at radius 1 is 0.696 bits per heavy atom. The zero-order valence-electron chi connectivity index (χ0n) is 34.2. The van der Waals surface area contributed by atoms with E-state index in [1.165, 1.54) is 11.1 Å². The van der Waals surface area contributed by atoms with Crippen molar-refractivity contribution in [2.45, 2.75) is 96.7 Å². The van der Waals surface area contributed by atoms with Gasteiger partial charge in [-0.2, -0.15) is 0 Å². The van der Waals surface area contributed by atoms with Gasteiger partial charge < -0.3 is 32.8 Å². The lowest BCUT2D eigenvalue weighted by Crippen LogP contribution is -2.51. The number of hydrogen-bond donors (Lipinski definition) is 0. The number of benzene rings is 2. The highest BCUT2D eigenvalue weighted by molar-refractivity contribution is 5.64. The number of methoxy groups -OCH3 is 1. The highest BCUT2D eigenvalue weighted by Gasteiger charge is 2.33. The number of aromatic nitrogens is 4. The maximum absolute atomic E-state index is 6.38. The lowest BCUT2D eigenvalue weighted by atomic mass is 9.90. The maximum Gasteiger partial charge on any atom is 0.318 e. The first-order chi connectivity index (χ1) is 27.2. The van der Waals surface area contributed by atoms with Gasteiger partial charge in [-0.1, -0.05) is 49.2 Å². The molecule has 8 rings (SSSR count). The summed E-state index contributed by atoms with van der Waals surface area (Å²) in [6, 6.07) is 13.1. The van der Waals surface area contributed by atoms with E-state index < -0.39 is 0 Å². The van der Waals surface area contributed by atoms with Crippen molar-refractivity contribution in [3.05, 3.63) is 52.6 Å². The lowest BCUT2D eigenvalue weighted by molar-refractivity contribution is -0.0517. The summed E-state index contributed by atoms with van der Waals surface area (Å²) in [6.45, 7) is 20.9. The zero-order chi connectivity index (χ0) is 38.8. The van der Waals surface area contributed by atoms with Crippen molar-refractivity contribution in [3.8, 4) is 28.7 Å². The van der Waals surface area contributed by atoms with Crippen molar-refractivity contribution in [2.24, 2.45) is 0 Å². The van der Waals surface area contributed by atoms with Crippen LogP contribution in [0, 0.1) is 13.8 Å². The topological polar surface area (TPSA) is 118 Å². The van der Waals surface area contributed by atoms with Crippen LogP contribution in [0.5, 0.6) is 5.75 Å². The Kier molecular flexibility index (Phi) is 11.9. The molecule has 2 unspecified atom stereocenters. The van der Waals surface area contributed by atoms with E-state index in [0.29, 0.717) is 41.8 Å². The van der Waals surface area contributed by atoms with Gasteiger partial charge in [0.2, 0.25) is 11.8 Å². The molecule has 13 heteroatoms. The first-order valence-corrected chi connectivity index (χ1v) is 20.9. The number of piperidine rings is 2. The van der Waals surface area contributed by atoms with Crippen LogP contribution in [0.1, 0.15) is 87.0 Å². The minimum atomic E-state index is 0.149. The fourth-order valence-electron chi connectivity index (χ4n) is 9.22. The molecule has 0 spiro atoms. The monoisotopic (exact) mass is 768 g/mol. The molecule has 0 radical (unpaired) electrons. The average Bonchev–Trinajstić information content (AvgIpc) is 3.93. The second-order valence-electron chi connectivity index (χ2n) is 16.6. The van der Waals surface area contributed by atoms with Gasteiger partial charge in [-0.15, -0.1) is 10.2 Å². The van der Waals surface area contributed by atoms with Crippen molar-refractivity contribution in [1.82, 2.24) is 30.2 Å². The molecular formula is C43H60N8O5. The quantitative estimate of drug-likeness (QED) is 0.161. The molecule has 0 aliphatic carbocycles. The summed E-state index contributed by atoms with van der Waals surface area (Å²) >= 11 is 0. The zero-order valence-corrected chi connectivity index (χ0v) is 34.2. The van der Waals surface area contributed by atoms with Gasteiger partial charge in [0, 0.05) is 75.6 Å². The summed E-state index contributed by atoms with van der Waals surface area (Å²) < 4.78 is 30.4. The van der Waals surface area contributed by atoms with Crippen molar-refractivity contribution in [2.75, 3.05) is 89.1 Å². The predicted molar refractivity (Wildman–Crippen MR) is 217 cm³/mol. The largest absolute Gasteiger partial charge is 0.496 e. The molecule has 0 saturated carbocycles. The molecule has 2 atom stereocenters. The number of anilines is 2. The molecule has 2 aromatic carbocycles. The first-order valence-electron chi connectivity index (χ1n) is 20.9. The van der Waals surface area contributed by atoms with Gasteiger partial charge >= 0.3 is 12.0 Å². The molecule has 4 saturated heterocycles. The van der Waals surface area contributed by atoms with Crippen LogP contribution < -0.4 is 14.5 Å². The Bertz CT molecular complexity index is 1910. The average molecular weight is 769 g/mol. The lowest BCUT2D eigenvalue weighted by Gasteiger charge is -2.42. The van der Waals surface area contributed by atoms with E-state index in [1.807, 2.05) is 0 Å². The Hall–Kier alpha value is -4.04. The number of rotatable bonds is 11. The van der Waals surface area contributed by atoms with E-state index in [1.54, 1.807) is 7.11 Å². The summed E-state index contributed by atoms with van der Waals surface area (Å²) in [6.07, 6.45) is 5.36. The Balaban J connectivity index is 0.846. The van der Waals surface area contributed by atoms with Crippen molar-refractivity contribution in [3.63, 3.8) is 0 Å². The number of nitrogens with zero attached hydrogens (tertiary/aromatic N) is 8. The van der Waals surface area contributed by atoms with Crippen LogP contribution in [-0.2, 0) is 9.47 Å². The molecule has 4 fully saturated rings. The predicted octanol–water partition coefficient (Wildman–Crippen LogP) is 6.70. The third kappa shape index (κ3) is 8.46. The Morgan fingerprint density at radius 3 is 1.89 bits per heavy atom. The fraction of sp³-hybridized carbons (Fsp3) is 0.628. The van der Waals surface area contributed by atoms with Crippen LogP contribution in [0.4, 0.5) is 12.0 Å². The van der Waals surface area contributed by atoms with Crippen molar-refractivity contribution < 1.29 is 23.0 Å². The van der Waals surface area contributed by atoms with Crippen LogP contribution >= 0.6 is 0 Å². The van der Waals surface area contributed by atoms with Crippen molar-refractivity contribution in [1.29, 1.82) is 0 Å². The number of ether oxygens (including phenoxy) is 3. The Morgan fingerprint density at radius 2 is 1.29 bits per heavy atom. The summed E-state index contributed by atoms with van der Waals surface area (Å²) in [5.41, 5.74) is 6.68. The number of morpholine rings is 2. The molecule has 6 heterocycles. The van der Waals surface area contributed by atoms with E-state index in [-0.39, 0.29) is 12.0 Å². The third-order valence-corrected chi connectivity index (χ3v) is 12.6. The summed E-state index contributed by atoms with van der Waals surface area (Å²) in [5, 5.41) is 17.8. The molecule has 13 nitrogen and oxygen atoms in total. The fourth-order valence-corrected chi connectivity index (χ4v) is 9.22. The molecular weight excluding hydrogens is 709 g/mol. The van der Waals surface area contributed by atoms with Gasteiger partial charge in [-0.25, -0.2) is 0 Å². The molecule has 0 amide bonds. The minimum absolute atomic E-state index is 0.149. The molecule has 302 valence electrons. The van der Waals surface area contributed by atoms with E-state index >= 15 is 0 Å². The third-order valence-electron chi connectivity index (χ3n) is 12.6. The summed E-state index contributed by atoms with van der Waals surface area (Å²) in [5.74, 6) is 2.70. The van der Waals surface area contributed by atoms with Crippen LogP contribution in [0.15, 0.2) is 39.2 Å². The highest BCUT2D eigenvalue weighted by Crippen LogP contribution is 2.38. The molecule has 4 aromatic rings. The normalized spacial score (nSPS) is 21.6. The van der Waals surface area contributed by atoms with Crippen LogP contribution in [0.25, 0.3) is 22.9 Å². The van der Waals surface area contributed by atoms with Gasteiger partial charge in [0.1, 0.15) is 5.75 Å². The Labute approximate surface area is 331 Å². The molecule has 4 aliphatic rings. The molecule has 0 N–H and O–H groups in total. The van der Waals surface area contributed by atoms with Gasteiger partial charge in [0.25, 0.3) is 0 Å². The van der Waals surface area contributed by atoms with Gasteiger partial charge in [0.05, 0.1) is 33.0 Å². The second-order valence-corrected chi connectivity index (χ2v) is 16.6. The van der Waals surface area contributed by atoms with Gasteiger partial charge in [-0.3, -0.25) is 9.80 Å². The van der Waals surface area contributed by atoms with Crippen molar-refractivity contribution >= 4 is 12.0 Å². The van der Waals surface area contributed by atoms with Gasteiger partial charge in [0.15, 0.2) is 0 Å². The standard InChI is InChI=1S/C43H60N8O5/c1-28(2)32-7-8-36(29(3)23-32)40-44-46-42(55-40)50-15-11-34(12-16-50)51-19-22-54-35(27-51)24-30(4)37-25-31(5)38(26-39(37)52-6)41-45-47-43(56-41)49-13-9-33(10-14-49)48-17-20-53-21-18-48/h7-8,23,25-26,28,30,33-35H,9-22,24,27H2,1-6H3. The van der Waals surface area contributed by atoms with Crippen LogP contribution in [0.2, 0.25) is 0 Å². The molecule has 2 aromatic heterocycles. The summed E-state index contributed by atoms with van der Waals surface area (Å²) in [7, 11) is 1.74. The second kappa shape index (κ2) is 17.2. The maximum atomic E-state index is 6.38. The van der Waals surface area contributed by atoms with E-state index in [2.05, 4.69) is 105 Å². The molecule has 0 bridgehead atoms. The van der Waals surface area contributed by atoms with E-state index in [0.717, 1.165) is 132 Å². The number of hydrogen-bond acceptors (Lipinski definition) is 13. The molecule has 56 heavy (non-hydrogen) atoms. The van der Waals surface area contributed by atoms with Crippen LogP contribution in [-0.4, -0.2) is 128 Å². The number of aryl methyl sites for hydroxylation is 2. The summed E-state index contributed by atoms with van der Waals surface area (Å²) in [4.78, 5) is 9.68. The van der Waals surface area contributed by atoms with Crippen LogP contribution in [0.3, 0.4) is 0 Å². The minimum Gasteiger partial charge on any atom is -0.496 e. The SMILES string of the molecule is COc1cc(-c2nnc(N3CCC(N4CCOCC4)CC3)o2)c(C)cc1C(C)CC1CN(C2CCN(c3nnc(-c4ccc(C(C)C)cc4C)o3)CC2)CCO1. The van der Waals surface area contributed by atoms with E-state index in [9.17, 15) is 0 Å². The first kappa shape index (κ1) is 38.8.